The van der Waals surface area contributed by atoms with Gasteiger partial charge in [-0.15, -0.1) is 0 Å². The quantitative estimate of drug-likeness (QED) is 0.862. The van der Waals surface area contributed by atoms with Crippen molar-refractivity contribution in [1.82, 2.24) is 4.57 Å². The van der Waals surface area contributed by atoms with Gasteiger partial charge in [0.05, 0.1) is 17.8 Å². The Balaban J connectivity index is 2.34. The maximum absolute atomic E-state index is 13.1. The van der Waals surface area contributed by atoms with Gasteiger partial charge in [-0.2, -0.15) is 0 Å². The molecule has 1 N–H and O–H groups in total. The summed E-state index contributed by atoms with van der Waals surface area (Å²) in [5.74, 6) is -1.31. The standard InChI is InChI=1S/C13H12ClFN2O4S/c1-17-7-9(6-12(17)13(18)21-2)22(19,20)16-8-3-4-11(15)10(14)5-8/h3-7,16H,1-2H3. The van der Waals surface area contributed by atoms with Gasteiger partial charge < -0.3 is 9.30 Å². The second-order valence-electron chi connectivity index (χ2n) is 4.40. The molecule has 0 aliphatic heterocycles. The number of sulfonamides is 1. The van der Waals surface area contributed by atoms with Crippen LogP contribution in [-0.2, 0) is 21.8 Å². The third kappa shape index (κ3) is 3.23. The lowest BCUT2D eigenvalue weighted by atomic mass is 10.3. The van der Waals surface area contributed by atoms with Crippen LogP contribution in [0.1, 0.15) is 10.5 Å². The van der Waals surface area contributed by atoms with E-state index in [1.54, 1.807) is 0 Å². The Hall–Kier alpha value is -2.06. The lowest BCUT2D eigenvalue weighted by Gasteiger charge is -2.06. The molecule has 6 nitrogen and oxygen atoms in total. The largest absolute Gasteiger partial charge is 0.464 e. The van der Waals surface area contributed by atoms with Gasteiger partial charge in [0.1, 0.15) is 16.4 Å². The number of hydrogen-bond donors (Lipinski definition) is 1. The van der Waals surface area contributed by atoms with Gasteiger partial charge in [0.15, 0.2) is 0 Å². The number of nitrogens with one attached hydrogen (secondary N) is 1. The van der Waals surface area contributed by atoms with Gasteiger partial charge in [0.25, 0.3) is 10.0 Å². The summed E-state index contributed by atoms with van der Waals surface area (Å²) in [6.07, 6.45) is 1.26. The van der Waals surface area contributed by atoms with Crippen molar-refractivity contribution < 1.29 is 22.3 Å². The summed E-state index contributed by atoms with van der Waals surface area (Å²) in [6.45, 7) is 0. The maximum atomic E-state index is 13.1. The maximum Gasteiger partial charge on any atom is 0.354 e. The van der Waals surface area contributed by atoms with Crippen molar-refractivity contribution in [2.24, 2.45) is 7.05 Å². The van der Waals surface area contributed by atoms with Gasteiger partial charge in [-0.1, -0.05) is 11.6 Å². The number of anilines is 1. The number of esters is 1. The fraction of sp³-hybridized carbons (Fsp3) is 0.154. The Kier molecular flexibility index (Phi) is 4.43. The first-order chi connectivity index (χ1) is 10.2. The highest BCUT2D eigenvalue weighted by Crippen LogP contribution is 2.23. The molecule has 0 fully saturated rings. The smallest absolute Gasteiger partial charge is 0.354 e. The SMILES string of the molecule is COC(=O)c1cc(S(=O)(=O)Nc2ccc(F)c(Cl)c2)cn1C. The lowest BCUT2D eigenvalue weighted by molar-refractivity contribution is 0.0590. The molecule has 2 aromatic rings. The molecule has 118 valence electrons. The molecule has 0 spiro atoms. The molecule has 22 heavy (non-hydrogen) atoms. The second kappa shape index (κ2) is 5.98. The number of hydrogen-bond acceptors (Lipinski definition) is 4. The summed E-state index contributed by atoms with van der Waals surface area (Å²) in [5, 5.41) is -0.205. The van der Waals surface area contributed by atoms with Crippen molar-refractivity contribution >= 4 is 33.3 Å². The van der Waals surface area contributed by atoms with Crippen LogP contribution in [0, 0.1) is 5.82 Å². The molecule has 0 amide bonds. The van der Waals surface area contributed by atoms with E-state index in [0.717, 1.165) is 12.1 Å². The number of ether oxygens (including phenoxy) is 1. The fourth-order valence-corrected chi connectivity index (χ4v) is 3.06. The molecular weight excluding hydrogens is 335 g/mol. The molecule has 0 aliphatic carbocycles. The van der Waals surface area contributed by atoms with Crippen LogP contribution in [0.15, 0.2) is 35.4 Å². The first-order valence-corrected chi connectivity index (χ1v) is 7.83. The molecule has 0 unspecified atom stereocenters. The van der Waals surface area contributed by atoms with Crippen molar-refractivity contribution in [2.45, 2.75) is 4.90 Å². The fourth-order valence-electron chi connectivity index (χ4n) is 1.76. The summed E-state index contributed by atoms with van der Waals surface area (Å²) >= 11 is 5.60. The molecular formula is C13H12ClFN2O4S. The molecule has 2 rings (SSSR count). The monoisotopic (exact) mass is 346 g/mol. The van der Waals surface area contributed by atoms with Gasteiger partial charge in [-0.3, -0.25) is 4.72 Å². The Labute approximate surface area is 131 Å². The van der Waals surface area contributed by atoms with Crippen molar-refractivity contribution in [1.29, 1.82) is 0 Å². The van der Waals surface area contributed by atoms with Crippen molar-refractivity contribution in [2.75, 3.05) is 11.8 Å². The number of methoxy groups -OCH3 is 1. The van der Waals surface area contributed by atoms with Gasteiger partial charge >= 0.3 is 5.97 Å². The van der Waals surface area contributed by atoms with E-state index in [1.807, 2.05) is 0 Å². The second-order valence-corrected chi connectivity index (χ2v) is 6.49. The van der Waals surface area contributed by atoms with Gasteiger partial charge in [-0.25, -0.2) is 17.6 Å². The Bertz CT molecular complexity index is 833. The number of halogens is 2. The van der Waals surface area contributed by atoms with Crippen LogP contribution >= 0.6 is 11.6 Å². The highest BCUT2D eigenvalue weighted by Gasteiger charge is 2.21. The van der Waals surface area contributed by atoms with E-state index >= 15 is 0 Å². The molecule has 9 heteroatoms. The summed E-state index contributed by atoms with van der Waals surface area (Å²) in [6, 6.07) is 4.62. The topological polar surface area (TPSA) is 77.4 Å². The van der Waals surface area contributed by atoms with E-state index in [9.17, 15) is 17.6 Å². The number of aromatic nitrogens is 1. The normalized spacial score (nSPS) is 11.3. The molecule has 0 atom stereocenters. The van der Waals surface area contributed by atoms with Crippen molar-refractivity contribution in [3.63, 3.8) is 0 Å². The lowest BCUT2D eigenvalue weighted by Crippen LogP contribution is -2.12. The minimum absolute atomic E-state index is 0.0833. The van der Waals surface area contributed by atoms with Crippen molar-refractivity contribution in [3.8, 4) is 0 Å². The van der Waals surface area contributed by atoms with Crippen LogP contribution in [0.5, 0.6) is 0 Å². The van der Waals surface area contributed by atoms with E-state index in [-0.39, 0.29) is 21.3 Å². The zero-order valence-electron chi connectivity index (χ0n) is 11.6. The van der Waals surface area contributed by atoms with Crippen LogP contribution in [-0.4, -0.2) is 26.1 Å². The molecule has 0 saturated carbocycles. The first-order valence-electron chi connectivity index (χ1n) is 5.97. The molecule has 1 aromatic heterocycles. The third-order valence-electron chi connectivity index (χ3n) is 2.86. The van der Waals surface area contributed by atoms with Crippen LogP contribution < -0.4 is 4.72 Å². The van der Waals surface area contributed by atoms with Gasteiger partial charge in [-0.05, 0) is 24.3 Å². The van der Waals surface area contributed by atoms with Gasteiger partial charge in [0, 0.05) is 13.2 Å². The van der Waals surface area contributed by atoms with E-state index in [4.69, 9.17) is 11.6 Å². The predicted molar refractivity (Wildman–Crippen MR) is 79.0 cm³/mol. The summed E-state index contributed by atoms with van der Waals surface area (Å²) in [5.41, 5.74) is 0.190. The molecule has 1 aromatic carbocycles. The van der Waals surface area contributed by atoms with Crippen LogP contribution in [0.3, 0.4) is 0 Å². The van der Waals surface area contributed by atoms with Crippen LogP contribution in [0.2, 0.25) is 5.02 Å². The average molecular weight is 347 g/mol. The van der Waals surface area contributed by atoms with E-state index in [2.05, 4.69) is 9.46 Å². The number of carbonyl (C=O) groups is 1. The average Bonchev–Trinajstić information content (AvgIpc) is 2.85. The highest BCUT2D eigenvalue weighted by molar-refractivity contribution is 7.92. The van der Waals surface area contributed by atoms with Crippen LogP contribution in [0.4, 0.5) is 10.1 Å². The number of aryl methyl sites for hydroxylation is 1. The molecule has 0 bridgehead atoms. The summed E-state index contributed by atoms with van der Waals surface area (Å²) in [7, 11) is -1.24. The zero-order valence-corrected chi connectivity index (χ0v) is 13.2. The Morgan fingerprint density at radius 3 is 2.64 bits per heavy atom. The first kappa shape index (κ1) is 16.3. The predicted octanol–water partition coefficient (Wildman–Crippen LogP) is 2.41. The van der Waals surface area contributed by atoms with Crippen molar-refractivity contribution in [3.05, 3.63) is 47.0 Å². The zero-order chi connectivity index (χ0) is 16.5. The minimum Gasteiger partial charge on any atom is -0.464 e. The number of benzene rings is 1. The minimum atomic E-state index is -3.95. The highest BCUT2D eigenvalue weighted by atomic mass is 35.5. The van der Waals surface area contributed by atoms with E-state index in [1.165, 1.54) is 37.1 Å². The molecule has 1 heterocycles. The van der Waals surface area contributed by atoms with E-state index in [0.29, 0.717) is 0 Å². The third-order valence-corrected chi connectivity index (χ3v) is 4.49. The number of carbonyl (C=O) groups excluding carboxylic acids is 1. The summed E-state index contributed by atoms with van der Waals surface area (Å²) in [4.78, 5) is 11.4. The van der Waals surface area contributed by atoms with Gasteiger partial charge in [0.2, 0.25) is 0 Å². The Morgan fingerprint density at radius 1 is 1.36 bits per heavy atom. The Morgan fingerprint density at radius 2 is 2.05 bits per heavy atom. The number of rotatable bonds is 4. The molecule has 0 aliphatic rings. The molecule has 0 saturated heterocycles. The molecule has 0 radical (unpaired) electrons. The van der Waals surface area contributed by atoms with E-state index < -0.39 is 21.8 Å². The van der Waals surface area contributed by atoms with Crippen LogP contribution in [0.25, 0.3) is 0 Å². The number of nitrogens with zero attached hydrogens (tertiary/aromatic N) is 1. The summed E-state index contributed by atoms with van der Waals surface area (Å²) < 4.78 is 45.7.